The fourth-order valence-corrected chi connectivity index (χ4v) is 2.21. The highest BCUT2D eigenvalue weighted by Crippen LogP contribution is 2.32. The number of nitrogens with zero attached hydrogens (tertiary/aromatic N) is 1. The Hall–Kier alpha value is -1.75. The van der Waals surface area contributed by atoms with E-state index in [4.69, 9.17) is 22.4 Å². The Kier molecular flexibility index (Phi) is 3.95. The maximum absolute atomic E-state index is 11.1. The summed E-state index contributed by atoms with van der Waals surface area (Å²) in [5.41, 5.74) is 6.12. The minimum absolute atomic E-state index is 0.0806. The van der Waals surface area contributed by atoms with E-state index in [1.165, 1.54) is 6.07 Å². The Balaban J connectivity index is 2.22. The van der Waals surface area contributed by atoms with Crippen molar-refractivity contribution in [1.82, 2.24) is 0 Å². The maximum atomic E-state index is 11.1. The Labute approximate surface area is 116 Å². The summed E-state index contributed by atoms with van der Waals surface area (Å²) in [6.45, 7) is 0.612. The molecule has 0 aliphatic heterocycles. The van der Waals surface area contributed by atoms with Crippen molar-refractivity contribution in [1.29, 1.82) is 0 Å². The molecule has 1 aromatic rings. The number of carbonyl (C=O) groups excluding carboxylic acids is 1. The lowest BCUT2D eigenvalue weighted by molar-refractivity contribution is -0.135. The second-order valence-corrected chi connectivity index (χ2v) is 5.15. The van der Waals surface area contributed by atoms with Crippen LogP contribution in [0.3, 0.4) is 0 Å². The van der Waals surface area contributed by atoms with Crippen LogP contribution in [0.25, 0.3) is 0 Å². The van der Waals surface area contributed by atoms with E-state index >= 15 is 0 Å². The molecule has 1 saturated carbocycles. The zero-order chi connectivity index (χ0) is 14.0. The molecule has 102 valence electrons. The van der Waals surface area contributed by atoms with Crippen molar-refractivity contribution in [2.75, 3.05) is 18.0 Å². The number of carbonyl (C=O) groups is 2. The van der Waals surface area contributed by atoms with Gasteiger partial charge in [-0.2, -0.15) is 0 Å². The minimum atomic E-state index is -0.893. The number of hydrogen-bond acceptors (Lipinski definition) is 3. The van der Waals surface area contributed by atoms with Gasteiger partial charge >= 0.3 is 5.97 Å². The van der Waals surface area contributed by atoms with Crippen LogP contribution in [-0.4, -0.2) is 30.1 Å². The van der Waals surface area contributed by atoms with Crippen molar-refractivity contribution in [3.63, 3.8) is 0 Å². The van der Waals surface area contributed by atoms with E-state index in [2.05, 4.69) is 0 Å². The molecule has 0 spiro atoms. The van der Waals surface area contributed by atoms with Crippen LogP contribution >= 0.6 is 11.6 Å². The van der Waals surface area contributed by atoms with E-state index in [1.54, 1.807) is 17.0 Å². The summed E-state index contributed by atoms with van der Waals surface area (Å²) in [5, 5.41) is 9.19. The molecule has 1 aliphatic carbocycles. The van der Waals surface area contributed by atoms with Gasteiger partial charge in [-0.05, 0) is 37.0 Å². The molecule has 1 amide bonds. The van der Waals surface area contributed by atoms with Crippen LogP contribution < -0.4 is 10.6 Å². The number of rotatable bonds is 6. The highest BCUT2D eigenvalue weighted by molar-refractivity contribution is 6.34. The van der Waals surface area contributed by atoms with Gasteiger partial charge in [-0.1, -0.05) is 11.6 Å². The first-order valence-corrected chi connectivity index (χ1v) is 6.41. The van der Waals surface area contributed by atoms with Gasteiger partial charge in [0, 0.05) is 12.2 Å². The quantitative estimate of drug-likeness (QED) is 0.832. The predicted molar refractivity (Wildman–Crippen MR) is 72.5 cm³/mol. The lowest BCUT2D eigenvalue weighted by atomic mass is 10.1. The van der Waals surface area contributed by atoms with Crippen molar-refractivity contribution in [2.45, 2.75) is 12.8 Å². The fourth-order valence-electron chi connectivity index (χ4n) is 1.94. The number of primary amides is 1. The second-order valence-electron chi connectivity index (χ2n) is 4.75. The Bertz CT molecular complexity index is 515. The van der Waals surface area contributed by atoms with Gasteiger partial charge in [-0.25, -0.2) is 0 Å². The van der Waals surface area contributed by atoms with Crippen LogP contribution in [0, 0.1) is 5.92 Å². The zero-order valence-corrected chi connectivity index (χ0v) is 11.1. The smallest absolute Gasteiger partial charge is 0.323 e. The Morgan fingerprint density at radius 3 is 2.58 bits per heavy atom. The molecule has 0 aromatic heterocycles. The third kappa shape index (κ3) is 3.61. The van der Waals surface area contributed by atoms with Crippen molar-refractivity contribution in [3.05, 3.63) is 28.8 Å². The minimum Gasteiger partial charge on any atom is -0.480 e. The van der Waals surface area contributed by atoms with E-state index in [9.17, 15) is 9.59 Å². The number of aliphatic carboxylic acids is 1. The number of carboxylic acid groups (broad SMARTS) is 1. The lowest BCUT2D eigenvalue weighted by Crippen LogP contribution is -2.31. The van der Waals surface area contributed by atoms with Gasteiger partial charge in [-0.15, -0.1) is 0 Å². The van der Waals surface area contributed by atoms with Crippen LogP contribution in [0.15, 0.2) is 18.2 Å². The highest BCUT2D eigenvalue weighted by atomic mass is 35.5. The second kappa shape index (κ2) is 5.48. The third-order valence-corrected chi connectivity index (χ3v) is 3.40. The molecule has 2 rings (SSSR count). The van der Waals surface area contributed by atoms with Gasteiger partial charge in [0.25, 0.3) is 0 Å². The molecule has 5 nitrogen and oxygen atoms in total. The number of anilines is 1. The summed E-state index contributed by atoms with van der Waals surface area (Å²) in [4.78, 5) is 23.8. The van der Waals surface area contributed by atoms with Gasteiger partial charge in [0.05, 0.1) is 10.6 Å². The van der Waals surface area contributed by atoms with E-state index in [1.807, 2.05) is 0 Å². The summed E-state index contributed by atoms with van der Waals surface area (Å²) in [6, 6.07) is 4.80. The molecule has 1 aromatic carbocycles. The zero-order valence-electron chi connectivity index (χ0n) is 10.3. The summed E-state index contributed by atoms with van der Waals surface area (Å²) in [5.74, 6) is -0.937. The van der Waals surface area contributed by atoms with E-state index in [-0.39, 0.29) is 17.1 Å². The molecular weight excluding hydrogens is 268 g/mol. The van der Waals surface area contributed by atoms with Crippen molar-refractivity contribution in [3.8, 4) is 0 Å². The molecule has 1 fully saturated rings. The molecule has 0 bridgehead atoms. The fraction of sp³-hybridized carbons (Fsp3) is 0.385. The molecule has 1 aliphatic rings. The normalized spacial score (nSPS) is 14.2. The van der Waals surface area contributed by atoms with Crippen LogP contribution in [0.1, 0.15) is 23.2 Å². The number of carboxylic acids is 1. The summed E-state index contributed by atoms with van der Waals surface area (Å²) in [6.07, 6.45) is 2.26. The van der Waals surface area contributed by atoms with Crippen molar-refractivity contribution < 1.29 is 14.7 Å². The molecule has 6 heteroatoms. The van der Waals surface area contributed by atoms with Gasteiger partial charge in [0.15, 0.2) is 0 Å². The first kappa shape index (κ1) is 13.7. The number of nitrogens with two attached hydrogens (primary N) is 1. The monoisotopic (exact) mass is 282 g/mol. The van der Waals surface area contributed by atoms with E-state index in [0.717, 1.165) is 12.8 Å². The first-order valence-electron chi connectivity index (χ1n) is 6.03. The Morgan fingerprint density at radius 2 is 2.11 bits per heavy atom. The molecule has 0 atom stereocenters. The lowest BCUT2D eigenvalue weighted by Gasteiger charge is -2.23. The average Bonchev–Trinajstić information content (AvgIpc) is 3.10. The van der Waals surface area contributed by atoms with Gasteiger partial charge in [0.1, 0.15) is 6.54 Å². The molecular formula is C13H15ClN2O3. The van der Waals surface area contributed by atoms with Crippen molar-refractivity contribution >= 4 is 29.2 Å². The summed E-state index contributed by atoms with van der Waals surface area (Å²) < 4.78 is 0. The highest BCUT2D eigenvalue weighted by Gasteiger charge is 2.25. The summed E-state index contributed by atoms with van der Waals surface area (Å²) in [7, 11) is 0. The first-order chi connectivity index (χ1) is 8.97. The van der Waals surface area contributed by atoms with Crippen LogP contribution in [0.5, 0.6) is 0 Å². The Morgan fingerprint density at radius 1 is 1.42 bits per heavy atom. The predicted octanol–water partition coefficient (Wildman–Crippen LogP) is 1.74. The van der Waals surface area contributed by atoms with Crippen molar-refractivity contribution in [2.24, 2.45) is 11.7 Å². The van der Waals surface area contributed by atoms with E-state index < -0.39 is 11.9 Å². The van der Waals surface area contributed by atoms with Gasteiger partial charge in [0.2, 0.25) is 5.91 Å². The van der Waals surface area contributed by atoms with Gasteiger partial charge in [-0.3, -0.25) is 9.59 Å². The summed E-state index contributed by atoms with van der Waals surface area (Å²) >= 11 is 5.98. The average molecular weight is 283 g/mol. The van der Waals surface area contributed by atoms with Crippen LogP contribution in [0.4, 0.5) is 5.69 Å². The number of amides is 1. The standard InChI is InChI=1S/C13H15ClN2O3/c14-11-5-9(3-4-10(11)13(15)19)16(7-12(17)18)6-8-1-2-8/h3-5,8H,1-2,6-7H2,(H2,15,19)(H,17,18). The number of hydrogen-bond donors (Lipinski definition) is 2. The van der Waals surface area contributed by atoms with Crippen LogP contribution in [0.2, 0.25) is 5.02 Å². The number of benzene rings is 1. The molecule has 3 N–H and O–H groups in total. The van der Waals surface area contributed by atoms with E-state index in [0.29, 0.717) is 18.2 Å². The largest absolute Gasteiger partial charge is 0.480 e. The SMILES string of the molecule is NC(=O)c1ccc(N(CC(=O)O)CC2CC2)cc1Cl. The maximum Gasteiger partial charge on any atom is 0.323 e. The molecule has 19 heavy (non-hydrogen) atoms. The number of halogens is 1. The van der Waals surface area contributed by atoms with Crippen LogP contribution in [-0.2, 0) is 4.79 Å². The van der Waals surface area contributed by atoms with Gasteiger partial charge < -0.3 is 15.7 Å². The third-order valence-electron chi connectivity index (χ3n) is 3.08. The molecule has 0 unspecified atom stereocenters. The molecule has 0 radical (unpaired) electrons. The molecule has 0 saturated heterocycles. The molecule has 0 heterocycles. The topological polar surface area (TPSA) is 83.6 Å².